The predicted octanol–water partition coefficient (Wildman–Crippen LogP) is 4.35. The third-order valence-corrected chi connectivity index (χ3v) is 10.5. The summed E-state index contributed by atoms with van der Waals surface area (Å²) in [6, 6.07) is 6.62. The minimum atomic E-state index is -1.44. The number of likely N-dealkylation sites (tertiary alicyclic amines) is 1. The number of rotatable bonds is 9. The van der Waals surface area contributed by atoms with Crippen LogP contribution in [-0.4, -0.2) is 101 Å². The van der Waals surface area contributed by atoms with Crippen LogP contribution in [0.15, 0.2) is 54.6 Å². The van der Waals surface area contributed by atoms with Crippen molar-refractivity contribution in [2.45, 2.75) is 116 Å². The third kappa shape index (κ3) is 7.81. The van der Waals surface area contributed by atoms with E-state index < -0.39 is 65.2 Å². The Morgan fingerprint density at radius 2 is 1.75 bits per heavy atom. The van der Waals surface area contributed by atoms with E-state index in [1.807, 2.05) is 70.2 Å². The number of ether oxygens (including phenoxy) is 3. The van der Waals surface area contributed by atoms with Gasteiger partial charge in [0.2, 0.25) is 17.7 Å². The number of aliphatic hydroxyl groups is 1. The number of carbonyl (C=O) groups is 4. The van der Waals surface area contributed by atoms with Gasteiger partial charge in [-0.15, -0.1) is 0 Å². The third-order valence-electron chi connectivity index (χ3n) is 10.5. The number of esters is 1. The number of hydrogen-bond donors (Lipinski definition) is 2. The molecule has 0 aromatic heterocycles. The van der Waals surface area contributed by atoms with Crippen molar-refractivity contribution in [1.29, 1.82) is 0 Å². The first-order valence-electron chi connectivity index (χ1n) is 18.3. The molecule has 0 unspecified atom stereocenters. The van der Waals surface area contributed by atoms with Crippen molar-refractivity contribution in [3.05, 3.63) is 60.2 Å². The zero-order valence-electron chi connectivity index (χ0n) is 31.5. The lowest BCUT2D eigenvalue weighted by molar-refractivity contribution is -0.163. The second kappa shape index (κ2) is 15.2. The summed E-state index contributed by atoms with van der Waals surface area (Å²) in [4.78, 5) is 61.3. The van der Waals surface area contributed by atoms with E-state index in [0.717, 1.165) is 0 Å². The molecule has 2 N–H and O–H groups in total. The van der Waals surface area contributed by atoms with E-state index in [2.05, 4.69) is 26.1 Å². The van der Waals surface area contributed by atoms with Crippen molar-refractivity contribution < 1.29 is 38.5 Å². The maximum atomic E-state index is 15.3. The van der Waals surface area contributed by atoms with Gasteiger partial charge in [-0.25, -0.2) is 0 Å². The first kappa shape index (κ1) is 38.7. The molecule has 11 nitrogen and oxygen atoms in total. The van der Waals surface area contributed by atoms with E-state index >= 15 is 4.79 Å². The first-order valence-corrected chi connectivity index (χ1v) is 18.3. The van der Waals surface area contributed by atoms with E-state index in [-0.39, 0.29) is 49.3 Å². The molecule has 0 aliphatic carbocycles. The van der Waals surface area contributed by atoms with Crippen LogP contribution in [0.5, 0.6) is 0 Å². The molecule has 0 radical (unpaired) electrons. The lowest BCUT2D eigenvalue weighted by Crippen LogP contribution is -2.62. The molecule has 4 aliphatic rings. The minimum Gasteiger partial charge on any atom is -0.455 e. The monoisotopic (exact) mass is 707 g/mol. The second-order valence-corrected chi connectivity index (χ2v) is 16.8. The highest BCUT2D eigenvalue weighted by Crippen LogP contribution is 2.57. The molecule has 3 amide bonds. The first-order chi connectivity index (χ1) is 24.0. The molecular weight excluding hydrogens is 650 g/mol. The van der Waals surface area contributed by atoms with Crippen molar-refractivity contribution in [1.82, 2.24) is 15.1 Å². The minimum absolute atomic E-state index is 0.0702. The zero-order valence-corrected chi connectivity index (χ0v) is 31.5. The average molecular weight is 708 g/mol. The summed E-state index contributed by atoms with van der Waals surface area (Å²) >= 11 is 0. The maximum Gasteiger partial charge on any atom is 0.313 e. The number of allylic oxidation sites excluding steroid dienone is 1. The highest BCUT2D eigenvalue weighted by atomic mass is 16.6. The van der Waals surface area contributed by atoms with Crippen LogP contribution in [-0.2, 0) is 33.4 Å². The van der Waals surface area contributed by atoms with Crippen molar-refractivity contribution in [3.8, 4) is 0 Å². The van der Waals surface area contributed by atoms with Gasteiger partial charge in [0, 0.05) is 25.6 Å². The smallest absolute Gasteiger partial charge is 0.313 e. The molecular formula is C40H57N3O8. The number of nitrogens with one attached hydrogen (secondary N) is 1. The quantitative estimate of drug-likeness (QED) is 0.286. The van der Waals surface area contributed by atoms with E-state index in [1.54, 1.807) is 17.1 Å². The summed E-state index contributed by atoms with van der Waals surface area (Å²) in [6.07, 6.45) is 7.32. The molecule has 1 aromatic carbocycles. The lowest BCUT2D eigenvalue weighted by Gasteiger charge is -2.46. The Balaban J connectivity index is 1.66. The topological polar surface area (TPSA) is 135 Å². The van der Waals surface area contributed by atoms with E-state index in [0.29, 0.717) is 24.8 Å². The number of methoxy groups -OCH3 is 1. The van der Waals surface area contributed by atoms with Gasteiger partial charge in [-0.3, -0.25) is 19.2 Å². The molecule has 1 spiro atoms. The highest BCUT2D eigenvalue weighted by Gasteiger charge is 2.74. The molecule has 8 atom stereocenters. The number of carbonyl (C=O) groups excluding carboxylic acids is 4. The van der Waals surface area contributed by atoms with Gasteiger partial charge in [-0.1, -0.05) is 89.3 Å². The van der Waals surface area contributed by atoms with E-state index in [9.17, 15) is 19.5 Å². The summed E-state index contributed by atoms with van der Waals surface area (Å²) in [7, 11) is 1.52. The van der Waals surface area contributed by atoms with Crippen LogP contribution in [0.2, 0.25) is 0 Å². The Morgan fingerprint density at radius 1 is 1.04 bits per heavy atom. The number of aliphatic hydroxyl groups excluding tert-OH is 1. The molecule has 2 saturated heterocycles. The average Bonchev–Trinajstić information content (AvgIpc) is 3.69. The Morgan fingerprint density at radius 3 is 2.37 bits per heavy atom. The Bertz CT molecular complexity index is 1500. The molecule has 4 heterocycles. The molecule has 280 valence electrons. The predicted molar refractivity (Wildman–Crippen MR) is 192 cm³/mol. The van der Waals surface area contributed by atoms with Gasteiger partial charge in [-0.05, 0) is 50.0 Å². The van der Waals surface area contributed by atoms with Crippen molar-refractivity contribution in [2.75, 3.05) is 26.9 Å². The molecule has 1 aromatic rings. The largest absolute Gasteiger partial charge is 0.455 e. The van der Waals surface area contributed by atoms with Crippen molar-refractivity contribution >= 4 is 23.7 Å². The number of amides is 3. The van der Waals surface area contributed by atoms with E-state index in [4.69, 9.17) is 14.2 Å². The Hall–Kier alpha value is -3.54. The fourth-order valence-electron chi connectivity index (χ4n) is 8.95. The fraction of sp³-hybridized carbons (Fsp3) is 0.650. The summed E-state index contributed by atoms with van der Waals surface area (Å²) in [5.74, 6) is -3.63. The number of cyclic esters (lactones) is 1. The van der Waals surface area contributed by atoms with Gasteiger partial charge in [0.15, 0.2) is 0 Å². The number of hydrogen-bond acceptors (Lipinski definition) is 8. The highest BCUT2D eigenvalue weighted by molar-refractivity contribution is 5.99. The van der Waals surface area contributed by atoms with Crippen LogP contribution in [0.1, 0.15) is 85.8 Å². The van der Waals surface area contributed by atoms with Gasteiger partial charge in [0.25, 0.3) is 0 Å². The van der Waals surface area contributed by atoms with E-state index in [1.165, 1.54) is 12.0 Å². The zero-order chi connectivity index (χ0) is 37.3. The van der Waals surface area contributed by atoms with Crippen LogP contribution in [0.3, 0.4) is 0 Å². The Labute approximate surface area is 302 Å². The number of fused-ring (bicyclic) bond motifs is 2. The molecule has 5 bridgehead atoms. The number of benzene rings is 1. The second-order valence-electron chi connectivity index (χ2n) is 16.8. The summed E-state index contributed by atoms with van der Waals surface area (Å²) in [5.41, 5.74) is -1.59. The van der Waals surface area contributed by atoms with Crippen molar-refractivity contribution in [3.63, 3.8) is 0 Å². The maximum absolute atomic E-state index is 15.3. The van der Waals surface area contributed by atoms with Gasteiger partial charge < -0.3 is 34.4 Å². The van der Waals surface area contributed by atoms with Crippen LogP contribution >= 0.6 is 0 Å². The van der Waals surface area contributed by atoms with Crippen LogP contribution in [0.4, 0.5) is 0 Å². The summed E-state index contributed by atoms with van der Waals surface area (Å²) in [6.45, 7) is 14.4. The standard InChI is InChI=1S/C40H57N3O8/c1-25(2)21-27(22-44)43-34-36(47)42(39(6,7)24-38(3,4)5)20-14-10-13-17-30(45)41-28(23-49-8)33(26-15-11-9-12-16-26)50-37(48)31-29-18-19-40(34,51-29)32(31)35(43)46/h9-12,14-16,18-19,25,27-29,31-34,44H,13,17,20-24H2,1-8H3,(H,41,45)/b14-10-/t27-,28+,29-,31+,32+,33+,34-,40+/m1/s1. The fourth-order valence-corrected chi connectivity index (χ4v) is 8.95. The normalized spacial score (nSPS) is 31.6. The summed E-state index contributed by atoms with van der Waals surface area (Å²) < 4.78 is 18.5. The van der Waals surface area contributed by atoms with Gasteiger partial charge in [-0.2, -0.15) is 0 Å². The molecule has 51 heavy (non-hydrogen) atoms. The Kier molecular flexibility index (Phi) is 11.5. The van der Waals surface area contributed by atoms with Crippen LogP contribution in [0, 0.1) is 23.2 Å². The number of nitrogens with zero attached hydrogens (tertiary/aromatic N) is 2. The van der Waals surface area contributed by atoms with Crippen LogP contribution in [0.25, 0.3) is 0 Å². The molecule has 11 heteroatoms. The van der Waals surface area contributed by atoms with Gasteiger partial charge in [0.1, 0.15) is 23.7 Å². The molecule has 4 aliphatic heterocycles. The molecule has 2 fully saturated rings. The summed E-state index contributed by atoms with van der Waals surface area (Å²) in [5, 5.41) is 13.8. The SMILES string of the molecule is COC[C@@H]1NC(=O)CC/C=C\CN(C(C)(C)CC(C)(C)C)C(=O)[C@H]2N([C@@H](CO)CC(C)C)C(=O)[C@@H]3[C@@H](C(=O)O[C@H]1c1ccccc1)[C@H]1C=C[C@]32O1. The van der Waals surface area contributed by atoms with Gasteiger partial charge >= 0.3 is 5.97 Å². The van der Waals surface area contributed by atoms with Crippen LogP contribution < -0.4 is 5.32 Å². The molecule has 5 rings (SSSR count). The van der Waals surface area contributed by atoms with Gasteiger partial charge in [0.05, 0.1) is 37.3 Å². The lowest BCUT2D eigenvalue weighted by atomic mass is 9.74. The van der Waals surface area contributed by atoms with Crippen molar-refractivity contribution in [2.24, 2.45) is 23.2 Å². The molecule has 0 saturated carbocycles.